The van der Waals surface area contributed by atoms with Gasteiger partial charge in [0.1, 0.15) is 0 Å². The van der Waals surface area contributed by atoms with Crippen LogP contribution in [0.1, 0.15) is 18.5 Å². The van der Waals surface area contributed by atoms with Gasteiger partial charge in [-0.05, 0) is 6.92 Å². The lowest BCUT2D eigenvalue weighted by atomic mass is 10.2. The Morgan fingerprint density at radius 2 is 2.36 bits per heavy atom. The molecule has 0 fully saturated rings. The zero-order valence-corrected chi connectivity index (χ0v) is 7.03. The molecule has 0 aliphatic heterocycles. The Labute approximate surface area is 66.0 Å². The maximum Gasteiger partial charge on any atom is 0.237 e. The molecule has 1 atom stereocenters. The number of nitrogens with two attached hydrogens (primary N) is 1. The Morgan fingerprint density at radius 3 is 2.73 bits per heavy atom. The van der Waals surface area contributed by atoms with Crippen LogP contribution in [-0.2, 0) is 7.05 Å². The van der Waals surface area contributed by atoms with Crippen LogP contribution in [0.5, 0.6) is 5.88 Å². The number of nitrogens with zero attached hydrogens (tertiary/aromatic N) is 2. The smallest absolute Gasteiger partial charge is 0.237 e. The summed E-state index contributed by atoms with van der Waals surface area (Å²) < 4.78 is 6.71. The molecule has 62 valence electrons. The van der Waals surface area contributed by atoms with Crippen molar-refractivity contribution in [2.45, 2.75) is 13.0 Å². The maximum absolute atomic E-state index is 5.67. The highest BCUT2D eigenvalue weighted by Crippen LogP contribution is 2.20. The van der Waals surface area contributed by atoms with E-state index < -0.39 is 0 Å². The molecule has 2 N–H and O–H groups in total. The first-order valence-electron chi connectivity index (χ1n) is 3.48. The number of aryl methyl sites for hydroxylation is 1. The average molecular weight is 155 g/mol. The van der Waals surface area contributed by atoms with E-state index in [2.05, 4.69) is 5.10 Å². The molecule has 0 aliphatic rings. The zero-order chi connectivity index (χ0) is 8.43. The summed E-state index contributed by atoms with van der Waals surface area (Å²) >= 11 is 0. The Hall–Kier alpha value is -1.03. The van der Waals surface area contributed by atoms with Crippen LogP contribution >= 0.6 is 0 Å². The van der Waals surface area contributed by atoms with Gasteiger partial charge in [0.25, 0.3) is 0 Å². The van der Waals surface area contributed by atoms with E-state index in [9.17, 15) is 0 Å². The predicted molar refractivity (Wildman–Crippen MR) is 42.4 cm³/mol. The number of ether oxygens (including phenoxy) is 1. The van der Waals surface area contributed by atoms with Gasteiger partial charge in [0.2, 0.25) is 5.88 Å². The predicted octanol–water partition coefficient (Wildman–Crippen LogP) is 0.448. The van der Waals surface area contributed by atoms with Gasteiger partial charge in [0, 0.05) is 19.3 Å². The van der Waals surface area contributed by atoms with Gasteiger partial charge >= 0.3 is 0 Å². The molecule has 4 heteroatoms. The van der Waals surface area contributed by atoms with Crippen molar-refractivity contribution in [2.75, 3.05) is 7.11 Å². The van der Waals surface area contributed by atoms with E-state index in [-0.39, 0.29) is 6.04 Å². The third-order valence-electron chi connectivity index (χ3n) is 1.51. The second kappa shape index (κ2) is 2.92. The fourth-order valence-corrected chi connectivity index (χ4v) is 0.957. The molecule has 0 aliphatic carbocycles. The molecule has 0 bridgehead atoms. The van der Waals surface area contributed by atoms with Gasteiger partial charge in [0.15, 0.2) is 0 Å². The highest BCUT2D eigenvalue weighted by atomic mass is 16.5. The first-order valence-corrected chi connectivity index (χ1v) is 3.48. The lowest BCUT2D eigenvalue weighted by Gasteiger charge is -2.02. The van der Waals surface area contributed by atoms with Crippen molar-refractivity contribution in [1.29, 1.82) is 0 Å². The number of rotatable bonds is 2. The van der Waals surface area contributed by atoms with E-state index in [0.29, 0.717) is 5.88 Å². The first kappa shape index (κ1) is 8.07. The van der Waals surface area contributed by atoms with Gasteiger partial charge < -0.3 is 10.5 Å². The minimum Gasteiger partial charge on any atom is -0.480 e. The van der Waals surface area contributed by atoms with Crippen LogP contribution < -0.4 is 10.5 Å². The monoisotopic (exact) mass is 155 g/mol. The third kappa shape index (κ3) is 1.51. The van der Waals surface area contributed by atoms with E-state index in [1.54, 1.807) is 11.8 Å². The van der Waals surface area contributed by atoms with Crippen LogP contribution in [-0.4, -0.2) is 16.9 Å². The molecule has 0 spiro atoms. The second-order valence-corrected chi connectivity index (χ2v) is 2.56. The molecule has 11 heavy (non-hydrogen) atoms. The fraction of sp³-hybridized carbons (Fsp3) is 0.571. The molecule has 1 rings (SSSR count). The van der Waals surface area contributed by atoms with Crippen molar-refractivity contribution in [3.8, 4) is 5.88 Å². The van der Waals surface area contributed by atoms with Crippen molar-refractivity contribution in [3.63, 3.8) is 0 Å². The summed E-state index contributed by atoms with van der Waals surface area (Å²) in [5.41, 5.74) is 6.61. The SMILES string of the molecule is COc1nn(C)cc1C(C)N. The largest absolute Gasteiger partial charge is 0.480 e. The van der Waals surface area contributed by atoms with Gasteiger partial charge in [-0.15, -0.1) is 5.10 Å². The van der Waals surface area contributed by atoms with Crippen molar-refractivity contribution in [2.24, 2.45) is 12.8 Å². The summed E-state index contributed by atoms with van der Waals surface area (Å²) in [6, 6.07) is -0.0290. The highest BCUT2D eigenvalue weighted by molar-refractivity contribution is 5.25. The van der Waals surface area contributed by atoms with E-state index in [1.165, 1.54) is 0 Å². The first-order chi connectivity index (χ1) is 5.15. The van der Waals surface area contributed by atoms with Gasteiger partial charge in [0.05, 0.1) is 12.7 Å². The average Bonchev–Trinajstić information content (AvgIpc) is 2.30. The van der Waals surface area contributed by atoms with Gasteiger partial charge in [-0.1, -0.05) is 0 Å². The number of aromatic nitrogens is 2. The standard InChI is InChI=1S/C7H13N3O/c1-5(8)6-4-10(2)9-7(6)11-3/h4-5H,8H2,1-3H3. The zero-order valence-electron chi connectivity index (χ0n) is 7.03. The normalized spacial score (nSPS) is 13.1. The Morgan fingerprint density at radius 1 is 1.73 bits per heavy atom. The Balaban J connectivity index is 3.02. The van der Waals surface area contributed by atoms with Gasteiger partial charge in [-0.2, -0.15) is 0 Å². The topological polar surface area (TPSA) is 53.1 Å². The molecular weight excluding hydrogens is 142 g/mol. The number of methoxy groups -OCH3 is 1. The van der Waals surface area contributed by atoms with Crippen molar-refractivity contribution in [1.82, 2.24) is 9.78 Å². The van der Waals surface area contributed by atoms with Crippen molar-refractivity contribution >= 4 is 0 Å². The molecular formula is C7H13N3O. The van der Waals surface area contributed by atoms with E-state index in [0.717, 1.165) is 5.56 Å². The summed E-state index contributed by atoms with van der Waals surface area (Å²) in [5, 5.41) is 4.06. The van der Waals surface area contributed by atoms with Crippen LogP contribution in [0.4, 0.5) is 0 Å². The summed E-state index contributed by atoms with van der Waals surface area (Å²) in [4.78, 5) is 0. The fourth-order valence-electron chi connectivity index (χ4n) is 0.957. The minimum atomic E-state index is -0.0290. The number of hydrogen-bond donors (Lipinski definition) is 1. The highest BCUT2D eigenvalue weighted by Gasteiger charge is 2.10. The summed E-state index contributed by atoms with van der Waals surface area (Å²) in [6.07, 6.45) is 1.86. The maximum atomic E-state index is 5.67. The van der Waals surface area contributed by atoms with Crippen molar-refractivity contribution in [3.05, 3.63) is 11.8 Å². The molecule has 1 aromatic heterocycles. The van der Waals surface area contributed by atoms with Crippen LogP contribution in [0.2, 0.25) is 0 Å². The number of hydrogen-bond acceptors (Lipinski definition) is 3. The molecule has 0 radical (unpaired) electrons. The quantitative estimate of drug-likeness (QED) is 0.674. The lowest BCUT2D eigenvalue weighted by molar-refractivity contribution is 0.386. The molecule has 1 heterocycles. The van der Waals surface area contributed by atoms with Crippen LogP contribution in [0.15, 0.2) is 6.20 Å². The molecule has 0 saturated heterocycles. The minimum absolute atomic E-state index is 0.0290. The molecule has 0 saturated carbocycles. The molecule has 1 unspecified atom stereocenters. The molecule has 4 nitrogen and oxygen atoms in total. The molecule has 0 amide bonds. The van der Waals surface area contributed by atoms with Gasteiger partial charge in [-0.25, -0.2) is 0 Å². The van der Waals surface area contributed by atoms with Crippen LogP contribution in [0.25, 0.3) is 0 Å². The van der Waals surface area contributed by atoms with E-state index >= 15 is 0 Å². The van der Waals surface area contributed by atoms with Crippen LogP contribution in [0, 0.1) is 0 Å². The van der Waals surface area contributed by atoms with Gasteiger partial charge in [-0.3, -0.25) is 4.68 Å². The summed E-state index contributed by atoms with van der Waals surface area (Å²) in [6.45, 7) is 1.90. The van der Waals surface area contributed by atoms with Crippen molar-refractivity contribution < 1.29 is 4.74 Å². The lowest BCUT2D eigenvalue weighted by Crippen LogP contribution is -2.05. The Bertz CT molecular complexity index is 242. The molecule has 0 aromatic carbocycles. The van der Waals surface area contributed by atoms with E-state index in [1.807, 2.05) is 20.2 Å². The third-order valence-corrected chi connectivity index (χ3v) is 1.51. The Kier molecular flexibility index (Phi) is 2.14. The summed E-state index contributed by atoms with van der Waals surface area (Å²) in [7, 11) is 3.43. The second-order valence-electron chi connectivity index (χ2n) is 2.56. The van der Waals surface area contributed by atoms with Crippen LogP contribution in [0.3, 0.4) is 0 Å². The molecule has 1 aromatic rings. The summed E-state index contributed by atoms with van der Waals surface area (Å²) in [5.74, 6) is 0.613. The van der Waals surface area contributed by atoms with E-state index in [4.69, 9.17) is 10.5 Å².